The van der Waals surface area contributed by atoms with E-state index in [4.69, 9.17) is 19.9 Å². The van der Waals surface area contributed by atoms with Gasteiger partial charge in [-0.1, -0.05) is 39.8 Å². The van der Waals surface area contributed by atoms with Gasteiger partial charge in [-0.2, -0.15) is 0 Å². The number of hydrogen-bond donors (Lipinski definition) is 3. The van der Waals surface area contributed by atoms with Crippen molar-refractivity contribution in [3.8, 4) is 11.5 Å². The first kappa shape index (κ1) is 36.6. The molecule has 2 rings (SSSR count). The Kier molecular flexibility index (Phi) is 17.6. The summed E-state index contributed by atoms with van der Waals surface area (Å²) in [5.74, 6) is 1.75. The van der Waals surface area contributed by atoms with Gasteiger partial charge in [0.25, 0.3) is 0 Å². The molecule has 2 aromatic rings. The highest BCUT2D eigenvalue weighted by Crippen LogP contribution is 2.31. The van der Waals surface area contributed by atoms with Gasteiger partial charge >= 0.3 is 0 Å². The van der Waals surface area contributed by atoms with E-state index in [1.165, 1.54) is 0 Å². The molecule has 41 heavy (non-hydrogen) atoms. The van der Waals surface area contributed by atoms with Crippen LogP contribution in [-0.4, -0.2) is 62.1 Å². The first-order valence-electron chi connectivity index (χ1n) is 14.6. The fraction of sp³-hybridized carbons (Fsp3) is 0.625. The number of halogens is 1. The van der Waals surface area contributed by atoms with Crippen LogP contribution in [0.3, 0.4) is 0 Å². The number of methoxy groups -OCH3 is 2. The molecule has 1 aromatic carbocycles. The van der Waals surface area contributed by atoms with Crippen LogP contribution in [0.1, 0.15) is 58.2 Å². The number of pyridine rings is 1. The highest BCUT2D eigenvalue weighted by molar-refractivity contribution is 5.85. The summed E-state index contributed by atoms with van der Waals surface area (Å²) in [7, 11) is 3.32. The average Bonchev–Trinajstić information content (AvgIpc) is 2.93. The number of nitrogens with one attached hydrogen (secondary N) is 1. The zero-order chi connectivity index (χ0) is 29.5. The lowest BCUT2D eigenvalue weighted by molar-refractivity contribution is -0.127. The van der Waals surface area contributed by atoms with Gasteiger partial charge in [-0.3, -0.25) is 9.78 Å². The number of benzene rings is 1. The van der Waals surface area contributed by atoms with Crippen molar-refractivity contribution >= 4 is 18.3 Å². The maximum absolute atomic E-state index is 13.0. The first-order valence-corrected chi connectivity index (χ1v) is 14.6. The minimum atomic E-state index is -0.772. The summed E-state index contributed by atoms with van der Waals surface area (Å²) < 4.78 is 16.6. The Hall–Kier alpha value is -2.39. The second-order valence-electron chi connectivity index (χ2n) is 11.3. The van der Waals surface area contributed by atoms with E-state index in [1.54, 1.807) is 20.4 Å². The Bertz CT molecular complexity index is 993. The molecule has 9 heteroatoms. The summed E-state index contributed by atoms with van der Waals surface area (Å²) in [6.45, 7) is 10.1. The number of ether oxygens (including phenoxy) is 3. The molecule has 0 unspecified atom stereocenters. The summed E-state index contributed by atoms with van der Waals surface area (Å²) >= 11 is 0. The molecule has 0 saturated heterocycles. The van der Waals surface area contributed by atoms with E-state index in [0.29, 0.717) is 50.7 Å². The molecule has 232 valence electrons. The number of aliphatic hydroxyl groups is 1. The normalized spacial score (nSPS) is 14.2. The third-order valence-electron chi connectivity index (χ3n) is 7.53. The monoisotopic (exact) mass is 593 g/mol. The maximum Gasteiger partial charge on any atom is 0.223 e. The van der Waals surface area contributed by atoms with E-state index in [0.717, 1.165) is 29.8 Å². The van der Waals surface area contributed by atoms with Crippen LogP contribution in [0.2, 0.25) is 0 Å². The van der Waals surface area contributed by atoms with Gasteiger partial charge < -0.3 is 30.4 Å². The Labute approximate surface area is 253 Å². The van der Waals surface area contributed by atoms with Gasteiger partial charge in [0, 0.05) is 57.0 Å². The molecule has 4 atom stereocenters. The van der Waals surface area contributed by atoms with Gasteiger partial charge in [0.15, 0.2) is 11.5 Å². The van der Waals surface area contributed by atoms with Crippen molar-refractivity contribution in [3.63, 3.8) is 0 Å². The summed E-state index contributed by atoms with van der Waals surface area (Å²) in [4.78, 5) is 17.3. The first-order chi connectivity index (χ1) is 19.2. The number of hydrogen-bond acceptors (Lipinski definition) is 7. The highest BCUT2D eigenvalue weighted by Gasteiger charge is 2.29. The van der Waals surface area contributed by atoms with Gasteiger partial charge in [0.1, 0.15) is 0 Å². The Morgan fingerprint density at radius 2 is 1.78 bits per heavy atom. The van der Waals surface area contributed by atoms with Gasteiger partial charge in [0.2, 0.25) is 5.91 Å². The van der Waals surface area contributed by atoms with Crippen molar-refractivity contribution in [2.75, 3.05) is 34.0 Å². The van der Waals surface area contributed by atoms with E-state index < -0.39 is 12.1 Å². The standard InChI is InChI=1S/C32H51N3O5.ClH/c1-22(2)25(18-24-11-12-30(39-6)31(19-24)40-17-9-16-38-5)20-28(33)29(36)21-27(23(3)4)32(37)35-15-13-26-10-7-8-14-34-26;/h7-8,10-12,14,19,22-23,25,27-29,36H,9,13,15-18,20-21,33H2,1-6H3,(H,35,37);1H/t25-,27-,28-,29-;/m0./s1. The van der Waals surface area contributed by atoms with E-state index in [-0.39, 0.29) is 36.1 Å². The minimum Gasteiger partial charge on any atom is -0.493 e. The number of carbonyl (C=O) groups excluding carboxylic acids is 1. The quantitative estimate of drug-likeness (QED) is 0.200. The summed E-state index contributed by atoms with van der Waals surface area (Å²) in [5.41, 5.74) is 8.63. The summed E-state index contributed by atoms with van der Waals surface area (Å²) in [5, 5.41) is 14.1. The molecule has 0 bridgehead atoms. The number of amides is 1. The third kappa shape index (κ3) is 13.0. The number of nitrogens with two attached hydrogens (primary N) is 1. The molecular formula is C32H52ClN3O5. The van der Waals surface area contributed by atoms with E-state index in [9.17, 15) is 9.90 Å². The number of aliphatic hydroxyl groups excluding tert-OH is 1. The van der Waals surface area contributed by atoms with Crippen LogP contribution < -0.4 is 20.5 Å². The summed E-state index contributed by atoms with van der Waals surface area (Å²) in [6.07, 6.45) is 4.24. The van der Waals surface area contributed by atoms with Crippen LogP contribution >= 0.6 is 12.4 Å². The van der Waals surface area contributed by atoms with Crippen molar-refractivity contribution in [2.24, 2.45) is 29.4 Å². The van der Waals surface area contributed by atoms with Gasteiger partial charge in [0.05, 0.1) is 19.8 Å². The van der Waals surface area contributed by atoms with Crippen LogP contribution in [0, 0.1) is 23.7 Å². The molecular weight excluding hydrogens is 542 g/mol. The molecule has 1 amide bonds. The highest BCUT2D eigenvalue weighted by atomic mass is 35.5. The zero-order valence-corrected chi connectivity index (χ0v) is 26.5. The molecule has 0 aliphatic rings. The average molecular weight is 594 g/mol. The molecule has 8 nitrogen and oxygen atoms in total. The van der Waals surface area contributed by atoms with Crippen LogP contribution in [0.25, 0.3) is 0 Å². The van der Waals surface area contributed by atoms with E-state index in [2.05, 4.69) is 30.2 Å². The van der Waals surface area contributed by atoms with Crippen molar-refractivity contribution in [3.05, 3.63) is 53.9 Å². The molecule has 0 saturated carbocycles. The van der Waals surface area contributed by atoms with Gasteiger partial charge in [-0.25, -0.2) is 0 Å². The fourth-order valence-corrected chi connectivity index (χ4v) is 4.85. The van der Waals surface area contributed by atoms with Crippen molar-refractivity contribution in [1.82, 2.24) is 10.3 Å². The number of carbonyl (C=O) groups is 1. The number of nitrogens with zero attached hydrogens (tertiary/aromatic N) is 1. The number of rotatable bonds is 19. The van der Waals surface area contributed by atoms with E-state index in [1.807, 2.05) is 44.2 Å². The summed E-state index contributed by atoms with van der Waals surface area (Å²) in [6, 6.07) is 11.4. The second-order valence-corrected chi connectivity index (χ2v) is 11.3. The minimum absolute atomic E-state index is 0. The molecule has 0 radical (unpaired) electrons. The molecule has 0 aliphatic heterocycles. The predicted molar refractivity (Wildman–Crippen MR) is 167 cm³/mol. The lowest BCUT2D eigenvalue weighted by Crippen LogP contribution is -2.43. The fourth-order valence-electron chi connectivity index (χ4n) is 4.85. The lowest BCUT2D eigenvalue weighted by Gasteiger charge is -2.30. The molecule has 0 spiro atoms. The lowest BCUT2D eigenvalue weighted by atomic mass is 9.81. The zero-order valence-electron chi connectivity index (χ0n) is 25.7. The Morgan fingerprint density at radius 1 is 1.02 bits per heavy atom. The molecule has 4 N–H and O–H groups in total. The molecule has 0 aliphatic carbocycles. The second kappa shape index (κ2) is 19.7. The number of aromatic nitrogens is 1. The molecule has 0 fully saturated rings. The SMILES string of the molecule is COCCCOc1cc(C[C@@H](C[C@H](N)[C@@H](O)C[C@H](C(=O)NCCc2ccccn2)C(C)C)C(C)C)ccc1OC.Cl. The van der Waals surface area contributed by atoms with Crippen LogP contribution in [0.15, 0.2) is 42.6 Å². The third-order valence-corrected chi connectivity index (χ3v) is 7.53. The van der Waals surface area contributed by atoms with Crippen LogP contribution in [0.5, 0.6) is 11.5 Å². The predicted octanol–water partition coefficient (Wildman–Crippen LogP) is 4.84. The van der Waals surface area contributed by atoms with Crippen LogP contribution in [-0.2, 0) is 22.4 Å². The van der Waals surface area contributed by atoms with E-state index >= 15 is 0 Å². The molecule has 1 heterocycles. The Balaban J connectivity index is 0.00000840. The van der Waals surface area contributed by atoms with Gasteiger partial charge in [-0.15, -0.1) is 12.4 Å². The van der Waals surface area contributed by atoms with Crippen LogP contribution in [0.4, 0.5) is 0 Å². The smallest absolute Gasteiger partial charge is 0.223 e. The topological polar surface area (TPSA) is 116 Å². The Morgan fingerprint density at radius 3 is 2.39 bits per heavy atom. The molecule has 1 aromatic heterocycles. The van der Waals surface area contributed by atoms with Crippen molar-refractivity contribution in [1.29, 1.82) is 0 Å². The van der Waals surface area contributed by atoms with Crippen molar-refractivity contribution < 1.29 is 24.1 Å². The van der Waals surface area contributed by atoms with Crippen molar-refractivity contribution in [2.45, 2.75) is 71.9 Å². The maximum atomic E-state index is 13.0. The largest absolute Gasteiger partial charge is 0.493 e. The van der Waals surface area contributed by atoms with Gasteiger partial charge in [-0.05, 0) is 66.8 Å².